The van der Waals surface area contributed by atoms with Crippen molar-refractivity contribution in [1.29, 1.82) is 0 Å². The average molecular weight is 266 g/mol. The van der Waals surface area contributed by atoms with Gasteiger partial charge in [0.15, 0.2) is 0 Å². The molecule has 2 unspecified atom stereocenters. The summed E-state index contributed by atoms with van der Waals surface area (Å²) in [7, 11) is 0. The molecule has 0 saturated heterocycles. The number of nitrogens with two attached hydrogens (primary N) is 1. The van der Waals surface area contributed by atoms with Gasteiger partial charge in [0, 0.05) is 10.8 Å². The fourth-order valence-corrected chi connectivity index (χ4v) is 4.38. The molecule has 1 aromatic heterocycles. The van der Waals surface area contributed by atoms with Gasteiger partial charge in [-0.3, -0.25) is 0 Å². The van der Waals surface area contributed by atoms with Crippen LogP contribution in [0.15, 0.2) is 5.38 Å². The van der Waals surface area contributed by atoms with Crippen molar-refractivity contribution in [2.75, 3.05) is 0 Å². The summed E-state index contributed by atoms with van der Waals surface area (Å²) in [6, 6.07) is 0. The van der Waals surface area contributed by atoms with Crippen molar-refractivity contribution in [3.05, 3.63) is 16.1 Å². The normalized spacial score (nSPS) is 33.7. The van der Waals surface area contributed by atoms with E-state index < -0.39 is 0 Å². The van der Waals surface area contributed by atoms with Crippen LogP contribution in [0.1, 0.15) is 64.6 Å². The van der Waals surface area contributed by atoms with Gasteiger partial charge in [-0.15, -0.1) is 11.3 Å². The van der Waals surface area contributed by atoms with Crippen molar-refractivity contribution in [2.45, 2.75) is 64.8 Å². The Morgan fingerprint density at radius 3 is 2.28 bits per heavy atom. The molecule has 0 bridgehead atoms. The largest absolute Gasteiger partial charge is 0.319 e. The lowest BCUT2D eigenvalue weighted by Gasteiger charge is -2.38. The maximum Gasteiger partial charge on any atom is 0.113 e. The number of hydrogen-bond acceptors (Lipinski definition) is 3. The van der Waals surface area contributed by atoms with Crippen molar-refractivity contribution in [3.8, 4) is 0 Å². The number of nitrogens with zero attached hydrogens (tertiary/aromatic N) is 1. The molecule has 102 valence electrons. The van der Waals surface area contributed by atoms with Crippen LogP contribution < -0.4 is 5.73 Å². The summed E-state index contributed by atoms with van der Waals surface area (Å²) in [5, 5.41) is 3.33. The minimum atomic E-state index is -0.189. The molecule has 18 heavy (non-hydrogen) atoms. The van der Waals surface area contributed by atoms with E-state index in [1.807, 2.05) is 0 Å². The molecule has 1 aliphatic carbocycles. The van der Waals surface area contributed by atoms with E-state index in [0.29, 0.717) is 11.8 Å². The van der Waals surface area contributed by atoms with E-state index in [-0.39, 0.29) is 11.0 Å². The van der Waals surface area contributed by atoms with Gasteiger partial charge in [-0.05, 0) is 31.1 Å². The maximum atomic E-state index is 6.67. The lowest BCUT2D eigenvalue weighted by molar-refractivity contribution is 0.183. The highest BCUT2D eigenvalue weighted by Crippen LogP contribution is 2.42. The van der Waals surface area contributed by atoms with Gasteiger partial charge in [0.25, 0.3) is 0 Å². The van der Waals surface area contributed by atoms with Crippen molar-refractivity contribution < 1.29 is 0 Å². The molecule has 2 atom stereocenters. The van der Waals surface area contributed by atoms with Crippen molar-refractivity contribution in [2.24, 2.45) is 17.6 Å². The minimum Gasteiger partial charge on any atom is -0.319 e. The first-order chi connectivity index (χ1) is 8.21. The molecule has 1 fully saturated rings. The van der Waals surface area contributed by atoms with Crippen LogP contribution in [0.3, 0.4) is 0 Å². The second-order valence-electron chi connectivity index (χ2n) is 7.30. The molecule has 0 radical (unpaired) electrons. The Kier molecular flexibility index (Phi) is 3.58. The molecule has 2 rings (SSSR count). The molecule has 1 heterocycles. The van der Waals surface area contributed by atoms with E-state index in [1.54, 1.807) is 11.3 Å². The van der Waals surface area contributed by atoms with E-state index >= 15 is 0 Å². The number of aromatic nitrogens is 1. The van der Waals surface area contributed by atoms with Crippen LogP contribution in [0.25, 0.3) is 0 Å². The molecule has 2 N–H and O–H groups in total. The molecule has 0 aromatic carbocycles. The zero-order valence-electron chi connectivity index (χ0n) is 12.3. The topological polar surface area (TPSA) is 38.9 Å². The van der Waals surface area contributed by atoms with Gasteiger partial charge in [0.2, 0.25) is 0 Å². The second-order valence-corrected chi connectivity index (χ2v) is 8.16. The summed E-state index contributed by atoms with van der Waals surface area (Å²) < 4.78 is 0. The molecular formula is C15H26N2S. The van der Waals surface area contributed by atoms with Gasteiger partial charge < -0.3 is 5.73 Å². The van der Waals surface area contributed by atoms with Crippen LogP contribution in [-0.4, -0.2) is 4.98 Å². The predicted molar refractivity (Wildman–Crippen MR) is 78.9 cm³/mol. The molecule has 0 amide bonds. The van der Waals surface area contributed by atoms with Crippen LogP contribution in [0.2, 0.25) is 0 Å². The quantitative estimate of drug-likeness (QED) is 0.833. The van der Waals surface area contributed by atoms with Gasteiger partial charge in [-0.25, -0.2) is 4.98 Å². The summed E-state index contributed by atoms with van der Waals surface area (Å²) in [6.07, 6.45) is 3.46. The van der Waals surface area contributed by atoms with E-state index in [1.165, 1.54) is 12.1 Å². The minimum absolute atomic E-state index is 0.122. The predicted octanol–water partition coefficient (Wildman–Crippen LogP) is 4.05. The Morgan fingerprint density at radius 1 is 1.28 bits per heavy atom. The van der Waals surface area contributed by atoms with E-state index in [4.69, 9.17) is 10.7 Å². The summed E-state index contributed by atoms with van der Waals surface area (Å²) in [5.41, 5.74) is 7.78. The Balaban J connectivity index is 2.27. The fraction of sp³-hybridized carbons (Fsp3) is 0.800. The van der Waals surface area contributed by atoms with Gasteiger partial charge in [-0.2, -0.15) is 0 Å². The smallest absolute Gasteiger partial charge is 0.113 e. The molecule has 1 aliphatic rings. The third-order valence-electron chi connectivity index (χ3n) is 3.93. The lowest BCUT2D eigenvalue weighted by atomic mass is 9.72. The van der Waals surface area contributed by atoms with Crippen LogP contribution in [0.5, 0.6) is 0 Å². The summed E-state index contributed by atoms with van der Waals surface area (Å²) >= 11 is 1.75. The average Bonchev–Trinajstić information content (AvgIpc) is 2.62. The van der Waals surface area contributed by atoms with Crippen molar-refractivity contribution in [1.82, 2.24) is 4.98 Å². The van der Waals surface area contributed by atoms with Gasteiger partial charge in [-0.1, -0.05) is 34.6 Å². The van der Waals surface area contributed by atoms with Crippen LogP contribution in [-0.2, 0) is 11.0 Å². The monoisotopic (exact) mass is 266 g/mol. The van der Waals surface area contributed by atoms with Crippen LogP contribution in [0, 0.1) is 11.8 Å². The second kappa shape index (κ2) is 4.61. The summed E-state index contributed by atoms with van der Waals surface area (Å²) in [4.78, 5) is 4.84. The maximum absolute atomic E-state index is 6.67. The van der Waals surface area contributed by atoms with Gasteiger partial charge in [0.05, 0.1) is 11.2 Å². The molecule has 0 aliphatic heterocycles. The van der Waals surface area contributed by atoms with E-state index in [0.717, 1.165) is 17.8 Å². The molecule has 1 saturated carbocycles. The van der Waals surface area contributed by atoms with Gasteiger partial charge >= 0.3 is 0 Å². The SMILES string of the molecule is CC1CC(C)CC(N)(c2nc(C(C)(C)C)cs2)C1. The highest BCUT2D eigenvalue weighted by Gasteiger charge is 2.38. The first-order valence-corrected chi connectivity index (χ1v) is 7.84. The van der Waals surface area contributed by atoms with E-state index in [9.17, 15) is 0 Å². The molecule has 0 spiro atoms. The molecular weight excluding hydrogens is 240 g/mol. The number of rotatable bonds is 1. The van der Waals surface area contributed by atoms with Crippen molar-refractivity contribution in [3.63, 3.8) is 0 Å². The van der Waals surface area contributed by atoms with Crippen LogP contribution >= 0.6 is 11.3 Å². The Morgan fingerprint density at radius 2 is 1.83 bits per heavy atom. The number of hydrogen-bond donors (Lipinski definition) is 1. The third kappa shape index (κ3) is 2.77. The first kappa shape index (κ1) is 14.0. The van der Waals surface area contributed by atoms with Crippen molar-refractivity contribution >= 4 is 11.3 Å². The first-order valence-electron chi connectivity index (χ1n) is 6.96. The Labute approximate surface area is 115 Å². The zero-order valence-corrected chi connectivity index (χ0v) is 13.1. The Hall–Kier alpha value is -0.410. The highest BCUT2D eigenvalue weighted by molar-refractivity contribution is 7.09. The zero-order chi connectivity index (χ0) is 13.6. The number of thiazole rings is 1. The Bertz CT molecular complexity index is 406. The van der Waals surface area contributed by atoms with Crippen LogP contribution in [0.4, 0.5) is 0 Å². The fourth-order valence-electron chi connectivity index (χ4n) is 3.20. The van der Waals surface area contributed by atoms with E-state index in [2.05, 4.69) is 40.0 Å². The highest BCUT2D eigenvalue weighted by atomic mass is 32.1. The summed E-state index contributed by atoms with van der Waals surface area (Å²) in [6.45, 7) is 11.3. The molecule has 2 nitrogen and oxygen atoms in total. The lowest BCUT2D eigenvalue weighted by Crippen LogP contribution is -2.43. The summed E-state index contributed by atoms with van der Waals surface area (Å²) in [5.74, 6) is 1.42. The molecule has 3 heteroatoms. The standard InChI is InChI=1S/C15H26N2S/c1-10-6-11(2)8-15(16,7-10)13-17-12(9-18-13)14(3,4)5/h9-11H,6-8,16H2,1-5H3. The van der Waals surface area contributed by atoms with Gasteiger partial charge in [0.1, 0.15) is 5.01 Å². The molecule has 1 aromatic rings. The third-order valence-corrected chi connectivity index (χ3v) is 4.99.